The standard InChI is InChI=1S/C17H29Cl2N2O3P/c1-16(23-15-17-7-5-4-6-8-17)9-14-24-25(22,20(2)3)21(12-10-18)13-11-19/h4-8,16H,9-15H2,1-3H3. The molecule has 0 amide bonds. The zero-order valence-electron chi connectivity index (χ0n) is 15.2. The Kier molecular flexibility index (Phi) is 11.3. The van der Waals surface area contributed by atoms with Gasteiger partial charge < -0.3 is 9.26 Å². The fraction of sp³-hybridized carbons (Fsp3) is 0.647. The molecule has 0 heterocycles. The second-order valence-corrected chi connectivity index (χ2v) is 9.26. The van der Waals surface area contributed by atoms with E-state index >= 15 is 0 Å². The summed E-state index contributed by atoms with van der Waals surface area (Å²) in [5.74, 6) is 0.739. The summed E-state index contributed by atoms with van der Waals surface area (Å²) in [4.78, 5) is 0. The lowest BCUT2D eigenvalue weighted by Gasteiger charge is -2.34. The van der Waals surface area contributed by atoms with Gasteiger partial charge in [0.15, 0.2) is 0 Å². The van der Waals surface area contributed by atoms with Crippen molar-refractivity contribution >= 4 is 30.9 Å². The molecule has 0 aliphatic rings. The number of benzene rings is 1. The predicted molar refractivity (Wildman–Crippen MR) is 106 cm³/mol. The van der Waals surface area contributed by atoms with E-state index in [0.717, 1.165) is 5.56 Å². The van der Waals surface area contributed by atoms with Crippen LogP contribution in [-0.4, -0.2) is 61.0 Å². The Balaban J connectivity index is 2.49. The maximum absolute atomic E-state index is 13.2. The topological polar surface area (TPSA) is 42.0 Å². The highest BCUT2D eigenvalue weighted by atomic mass is 35.5. The van der Waals surface area contributed by atoms with Crippen molar-refractivity contribution in [1.29, 1.82) is 0 Å². The molecule has 8 heteroatoms. The minimum Gasteiger partial charge on any atom is -0.374 e. The van der Waals surface area contributed by atoms with Gasteiger partial charge in [-0.2, -0.15) is 0 Å². The van der Waals surface area contributed by atoms with Crippen molar-refractivity contribution in [3.8, 4) is 0 Å². The summed E-state index contributed by atoms with van der Waals surface area (Å²) in [5.41, 5.74) is 1.13. The van der Waals surface area contributed by atoms with Crippen LogP contribution in [0.25, 0.3) is 0 Å². The lowest BCUT2D eigenvalue weighted by Crippen LogP contribution is -2.32. The van der Waals surface area contributed by atoms with Gasteiger partial charge in [0.05, 0.1) is 19.3 Å². The number of nitrogens with zero attached hydrogens (tertiary/aromatic N) is 2. The molecule has 1 aromatic carbocycles. The van der Waals surface area contributed by atoms with Gasteiger partial charge in [-0.15, -0.1) is 23.2 Å². The van der Waals surface area contributed by atoms with Crippen LogP contribution in [0.1, 0.15) is 18.9 Å². The van der Waals surface area contributed by atoms with Gasteiger partial charge in [0.2, 0.25) is 0 Å². The summed E-state index contributed by atoms with van der Waals surface area (Å²) in [5, 5.41) is 0. The Morgan fingerprint density at radius 1 is 1.12 bits per heavy atom. The highest BCUT2D eigenvalue weighted by Crippen LogP contribution is 2.52. The van der Waals surface area contributed by atoms with Gasteiger partial charge in [0.1, 0.15) is 0 Å². The number of hydrogen-bond acceptors (Lipinski definition) is 3. The molecule has 25 heavy (non-hydrogen) atoms. The average molecular weight is 411 g/mol. The third kappa shape index (κ3) is 7.96. The summed E-state index contributed by atoms with van der Waals surface area (Å²) in [6, 6.07) is 10.0. The fourth-order valence-corrected chi connectivity index (χ4v) is 4.84. The van der Waals surface area contributed by atoms with Crippen molar-refractivity contribution < 1.29 is 13.8 Å². The lowest BCUT2D eigenvalue weighted by molar-refractivity contribution is 0.0371. The van der Waals surface area contributed by atoms with E-state index in [4.69, 9.17) is 32.5 Å². The molecule has 0 aromatic heterocycles. The molecule has 0 aliphatic heterocycles. The predicted octanol–water partition coefficient (Wildman–Crippen LogP) is 4.45. The summed E-state index contributed by atoms with van der Waals surface area (Å²) in [6.45, 7) is 3.81. The largest absolute Gasteiger partial charge is 0.374 e. The van der Waals surface area contributed by atoms with Crippen LogP contribution >= 0.6 is 30.9 Å². The molecule has 0 spiro atoms. The van der Waals surface area contributed by atoms with Crippen LogP contribution in [0.4, 0.5) is 0 Å². The fourth-order valence-electron chi connectivity index (χ4n) is 2.24. The van der Waals surface area contributed by atoms with Crippen LogP contribution in [0.5, 0.6) is 0 Å². The molecule has 5 nitrogen and oxygen atoms in total. The highest BCUT2D eigenvalue weighted by molar-refractivity contribution is 7.53. The minimum atomic E-state index is -3.13. The van der Waals surface area contributed by atoms with E-state index in [1.165, 1.54) is 0 Å². The molecule has 0 saturated heterocycles. The average Bonchev–Trinajstić information content (AvgIpc) is 2.60. The molecule has 0 radical (unpaired) electrons. The maximum atomic E-state index is 13.2. The molecular weight excluding hydrogens is 382 g/mol. The van der Waals surface area contributed by atoms with Crippen LogP contribution in [0.3, 0.4) is 0 Å². The van der Waals surface area contributed by atoms with Gasteiger partial charge in [-0.25, -0.2) is 9.34 Å². The van der Waals surface area contributed by atoms with Gasteiger partial charge in [0, 0.05) is 24.8 Å². The number of alkyl halides is 2. The summed E-state index contributed by atoms with van der Waals surface area (Å²) >= 11 is 11.7. The van der Waals surface area contributed by atoms with Crippen LogP contribution in [0.15, 0.2) is 30.3 Å². The van der Waals surface area contributed by atoms with Crippen LogP contribution in [-0.2, 0) is 20.4 Å². The smallest absolute Gasteiger partial charge is 0.345 e. The molecule has 2 unspecified atom stereocenters. The Morgan fingerprint density at radius 3 is 2.24 bits per heavy atom. The van der Waals surface area contributed by atoms with E-state index in [1.807, 2.05) is 37.3 Å². The molecule has 0 N–H and O–H groups in total. The first-order chi connectivity index (χ1) is 11.9. The van der Waals surface area contributed by atoms with Crippen molar-refractivity contribution in [1.82, 2.24) is 9.34 Å². The number of hydrogen-bond donors (Lipinski definition) is 0. The highest BCUT2D eigenvalue weighted by Gasteiger charge is 2.34. The lowest BCUT2D eigenvalue weighted by atomic mass is 10.2. The van der Waals surface area contributed by atoms with Gasteiger partial charge in [-0.1, -0.05) is 30.3 Å². The third-order valence-electron chi connectivity index (χ3n) is 3.71. The number of ether oxygens (including phenoxy) is 1. The van der Waals surface area contributed by atoms with Crippen LogP contribution < -0.4 is 0 Å². The van der Waals surface area contributed by atoms with E-state index in [2.05, 4.69) is 0 Å². The Bertz CT molecular complexity index is 514. The van der Waals surface area contributed by atoms with Gasteiger partial charge >= 0.3 is 7.67 Å². The van der Waals surface area contributed by atoms with E-state index in [9.17, 15) is 4.57 Å². The number of halogens is 2. The second kappa shape index (κ2) is 12.3. The summed E-state index contributed by atoms with van der Waals surface area (Å²) < 4.78 is 28.2. The summed E-state index contributed by atoms with van der Waals surface area (Å²) in [7, 11) is 0.358. The zero-order chi connectivity index (χ0) is 18.7. The molecule has 2 atom stereocenters. The van der Waals surface area contributed by atoms with Gasteiger partial charge in [0.25, 0.3) is 0 Å². The van der Waals surface area contributed by atoms with Crippen molar-refractivity contribution in [2.24, 2.45) is 0 Å². The van der Waals surface area contributed by atoms with Crippen LogP contribution in [0.2, 0.25) is 0 Å². The molecule has 0 saturated carbocycles. The Morgan fingerprint density at radius 2 is 1.72 bits per heavy atom. The van der Waals surface area contributed by atoms with Crippen molar-refractivity contribution in [2.75, 3.05) is 45.6 Å². The minimum absolute atomic E-state index is 0.00493. The Labute approximate surface area is 161 Å². The molecular formula is C17H29Cl2N2O3P. The maximum Gasteiger partial charge on any atom is 0.345 e. The number of rotatable bonds is 13. The van der Waals surface area contributed by atoms with E-state index in [-0.39, 0.29) is 6.10 Å². The molecule has 0 bridgehead atoms. The monoisotopic (exact) mass is 410 g/mol. The second-order valence-electron chi connectivity index (χ2n) is 5.90. The van der Waals surface area contributed by atoms with Crippen LogP contribution in [0, 0.1) is 0 Å². The SMILES string of the molecule is CC(CCOP(=O)(N(C)C)N(CCCl)CCCl)OCc1ccccc1. The first kappa shape index (κ1) is 22.9. The van der Waals surface area contributed by atoms with E-state index < -0.39 is 7.67 Å². The normalized spacial score (nSPS) is 15.5. The van der Waals surface area contributed by atoms with Gasteiger partial charge in [-0.05, 0) is 33.0 Å². The molecule has 1 aromatic rings. The quantitative estimate of drug-likeness (QED) is 0.355. The molecule has 1 rings (SSSR count). The third-order valence-corrected chi connectivity index (χ3v) is 6.69. The van der Waals surface area contributed by atoms with E-state index in [0.29, 0.717) is 44.5 Å². The molecule has 0 fully saturated rings. The molecule has 144 valence electrons. The summed E-state index contributed by atoms with van der Waals surface area (Å²) in [6.07, 6.45) is 0.658. The van der Waals surface area contributed by atoms with Crippen molar-refractivity contribution in [3.63, 3.8) is 0 Å². The van der Waals surface area contributed by atoms with Crippen molar-refractivity contribution in [3.05, 3.63) is 35.9 Å². The Hall–Kier alpha value is -0.130. The van der Waals surface area contributed by atoms with Crippen molar-refractivity contribution in [2.45, 2.75) is 26.1 Å². The van der Waals surface area contributed by atoms with E-state index in [1.54, 1.807) is 23.4 Å². The first-order valence-corrected chi connectivity index (χ1v) is 11.0. The molecule has 0 aliphatic carbocycles. The zero-order valence-corrected chi connectivity index (χ0v) is 17.6. The first-order valence-electron chi connectivity index (χ1n) is 8.39. The van der Waals surface area contributed by atoms with Gasteiger partial charge in [-0.3, -0.25) is 4.57 Å².